The third kappa shape index (κ3) is 2.61. The number of rotatable bonds is 3. The Morgan fingerprint density at radius 2 is 2.10 bits per heavy atom. The van der Waals surface area contributed by atoms with Crippen molar-refractivity contribution in [2.75, 3.05) is 0 Å². The summed E-state index contributed by atoms with van der Waals surface area (Å²) in [6.45, 7) is 0. The van der Waals surface area contributed by atoms with Crippen molar-refractivity contribution in [3.05, 3.63) is 64.6 Å². The van der Waals surface area contributed by atoms with Crippen molar-refractivity contribution >= 4 is 33.7 Å². The largest absolute Gasteiger partial charge is 0.478 e. The molecule has 0 atom stereocenters. The minimum Gasteiger partial charge on any atom is -0.478 e. The Balaban J connectivity index is 2.11. The lowest BCUT2D eigenvalue weighted by atomic mass is 10.2. The average Bonchev–Trinajstić information content (AvgIpc) is 2.83. The minimum absolute atomic E-state index is 0.123. The Bertz CT molecular complexity index is 908. The summed E-state index contributed by atoms with van der Waals surface area (Å²) in [6, 6.07) is 10.7. The molecule has 5 nitrogen and oxygen atoms in total. The first-order valence-electron chi connectivity index (χ1n) is 6.13. The molecule has 104 valence electrons. The quantitative estimate of drug-likeness (QED) is 0.754. The van der Waals surface area contributed by atoms with Crippen LogP contribution in [-0.4, -0.2) is 20.0 Å². The van der Waals surface area contributed by atoms with E-state index in [1.807, 2.05) is 18.2 Å². The number of nitrogens with zero attached hydrogens (tertiary/aromatic N) is 2. The van der Waals surface area contributed by atoms with Gasteiger partial charge in [-0.15, -0.1) is 0 Å². The first kappa shape index (κ1) is 13.3. The molecule has 1 N–H and O–H groups in total. The second-order valence-corrected chi connectivity index (χ2v) is 5.29. The van der Waals surface area contributed by atoms with Crippen LogP contribution in [-0.2, 0) is 4.79 Å². The van der Waals surface area contributed by atoms with E-state index in [9.17, 15) is 9.59 Å². The molecule has 0 fully saturated rings. The molecule has 0 bridgehead atoms. The number of hydrogen-bond acceptors (Lipinski definition) is 4. The highest BCUT2D eigenvalue weighted by Crippen LogP contribution is 2.19. The van der Waals surface area contributed by atoms with Crippen LogP contribution in [0, 0.1) is 0 Å². The number of aliphatic carboxylic acids is 1. The molecule has 0 aliphatic heterocycles. The normalized spacial score (nSPS) is 11.2. The number of carboxylic acids is 1. The number of benzene rings is 1. The van der Waals surface area contributed by atoms with E-state index in [0.29, 0.717) is 16.8 Å². The summed E-state index contributed by atoms with van der Waals surface area (Å²) in [5.74, 6) is -0.541. The molecule has 0 amide bonds. The van der Waals surface area contributed by atoms with Crippen LogP contribution in [0.4, 0.5) is 0 Å². The smallest absolute Gasteiger partial charge is 0.328 e. The van der Waals surface area contributed by atoms with Gasteiger partial charge >= 0.3 is 5.97 Å². The van der Waals surface area contributed by atoms with Crippen LogP contribution >= 0.6 is 11.5 Å². The van der Waals surface area contributed by atoms with E-state index >= 15 is 0 Å². The number of carbonyl (C=O) groups is 1. The lowest BCUT2D eigenvalue weighted by Crippen LogP contribution is -2.11. The van der Waals surface area contributed by atoms with E-state index in [1.54, 1.807) is 24.4 Å². The second-order valence-electron chi connectivity index (χ2n) is 4.31. The third-order valence-corrected chi connectivity index (χ3v) is 3.98. The topological polar surface area (TPSA) is 72.2 Å². The fraction of sp³-hybridized carbons (Fsp3) is 0. The summed E-state index contributed by atoms with van der Waals surface area (Å²) >= 11 is 1.31. The van der Waals surface area contributed by atoms with Crippen LogP contribution in [0.5, 0.6) is 0 Å². The number of fused-ring (bicyclic) bond motifs is 1. The van der Waals surface area contributed by atoms with E-state index in [4.69, 9.17) is 5.11 Å². The Labute approximate surface area is 123 Å². The Morgan fingerprint density at radius 1 is 1.29 bits per heavy atom. The molecule has 21 heavy (non-hydrogen) atoms. The zero-order valence-electron chi connectivity index (χ0n) is 10.8. The highest BCUT2D eigenvalue weighted by molar-refractivity contribution is 7.14. The van der Waals surface area contributed by atoms with Gasteiger partial charge in [-0.2, -0.15) is 0 Å². The molecule has 6 heteroatoms. The summed E-state index contributed by atoms with van der Waals surface area (Å²) in [7, 11) is 0. The first-order chi connectivity index (χ1) is 10.1. The fourth-order valence-electron chi connectivity index (χ4n) is 1.94. The van der Waals surface area contributed by atoms with Crippen molar-refractivity contribution in [1.82, 2.24) is 8.94 Å². The van der Waals surface area contributed by atoms with Crippen molar-refractivity contribution in [2.24, 2.45) is 0 Å². The SMILES string of the molecule is O=C(O)/C=C/c1ccnc(-n2sc3ccccc3c2=O)c1. The summed E-state index contributed by atoms with van der Waals surface area (Å²) in [4.78, 5) is 27.1. The Kier molecular flexibility index (Phi) is 3.37. The molecule has 0 aliphatic carbocycles. The molecule has 0 spiro atoms. The van der Waals surface area contributed by atoms with Gasteiger partial charge in [-0.05, 0) is 47.4 Å². The number of pyridine rings is 1. The minimum atomic E-state index is -1.02. The molecular weight excluding hydrogens is 288 g/mol. The first-order valence-corrected chi connectivity index (χ1v) is 6.91. The number of hydrogen-bond donors (Lipinski definition) is 1. The standard InChI is InChI=1S/C15H10N2O3S/c18-14(19)6-5-10-7-8-16-13(9-10)17-15(20)11-3-1-2-4-12(11)21-17/h1-9H,(H,18,19)/b6-5+. The molecule has 1 aromatic carbocycles. The highest BCUT2D eigenvalue weighted by atomic mass is 32.1. The molecule has 2 aromatic heterocycles. The van der Waals surface area contributed by atoms with Gasteiger partial charge in [-0.1, -0.05) is 12.1 Å². The summed E-state index contributed by atoms with van der Waals surface area (Å²) in [6.07, 6.45) is 4.06. The van der Waals surface area contributed by atoms with Crippen LogP contribution in [0.2, 0.25) is 0 Å². The summed E-state index contributed by atoms with van der Waals surface area (Å²) in [5, 5.41) is 9.29. The van der Waals surface area contributed by atoms with Crippen LogP contribution in [0.15, 0.2) is 53.5 Å². The van der Waals surface area contributed by atoms with Gasteiger partial charge in [0.2, 0.25) is 0 Å². The lowest BCUT2D eigenvalue weighted by molar-refractivity contribution is -0.131. The predicted octanol–water partition coefficient (Wildman–Crippen LogP) is 2.55. The lowest BCUT2D eigenvalue weighted by Gasteiger charge is -2.00. The van der Waals surface area contributed by atoms with Gasteiger partial charge in [-0.3, -0.25) is 4.79 Å². The van der Waals surface area contributed by atoms with E-state index in [-0.39, 0.29) is 5.56 Å². The van der Waals surface area contributed by atoms with Crippen molar-refractivity contribution < 1.29 is 9.90 Å². The zero-order valence-corrected chi connectivity index (χ0v) is 11.6. The molecule has 3 aromatic rings. The average molecular weight is 298 g/mol. The van der Waals surface area contributed by atoms with Gasteiger partial charge in [0, 0.05) is 12.3 Å². The molecule has 0 unspecified atom stereocenters. The molecule has 0 saturated heterocycles. The van der Waals surface area contributed by atoms with Gasteiger partial charge in [0.1, 0.15) is 5.82 Å². The summed E-state index contributed by atoms with van der Waals surface area (Å²) < 4.78 is 2.39. The monoisotopic (exact) mass is 298 g/mol. The molecule has 0 saturated carbocycles. The maximum Gasteiger partial charge on any atom is 0.328 e. The van der Waals surface area contributed by atoms with Crippen molar-refractivity contribution in [1.29, 1.82) is 0 Å². The van der Waals surface area contributed by atoms with E-state index in [1.165, 1.54) is 21.6 Å². The second kappa shape index (κ2) is 5.34. The number of aromatic nitrogens is 2. The third-order valence-electron chi connectivity index (χ3n) is 2.89. The van der Waals surface area contributed by atoms with Gasteiger partial charge in [0.15, 0.2) is 0 Å². The maximum absolute atomic E-state index is 12.3. The van der Waals surface area contributed by atoms with Gasteiger partial charge in [0.05, 0.1) is 10.1 Å². The Morgan fingerprint density at radius 3 is 2.86 bits per heavy atom. The predicted molar refractivity (Wildman–Crippen MR) is 81.9 cm³/mol. The fourth-order valence-corrected chi connectivity index (χ4v) is 2.90. The molecular formula is C15H10N2O3S. The van der Waals surface area contributed by atoms with Gasteiger partial charge < -0.3 is 5.11 Å². The molecule has 2 heterocycles. The molecule has 0 radical (unpaired) electrons. The van der Waals surface area contributed by atoms with Crippen LogP contribution in [0.25, 0.3) is 22.0 Å². The van der Waals surface area contributed by atoms with Gasteiger partial charge in [0.25, 0.3) is 5.56 Å². The van der Waals surface area contributed by atoms with Crippen molar-refractivity contribution in [3.8, 4) is 5.82 Å². The highest BCUT2D eigenvalue weighted by Gasteiger charge is 2.09. The summed E-state index contributed by atoms with van der Waals surface area (Å²) in [5.41, 5.74) is 0.550. The van der Waals surface area contributed by atoms with Crippen molar-refractivity contribution in [3.63, 3.8) is 0 Å². The maximum atomic E-state index is 12.3. The zero-order chi connectivity index (χ0) is 14.8. The van der Waals surface area contributed by atoms with Crippen LogP contribution in [0.1, 0.15) is 5.56 Å². The van der Waals surface area contributed by atoms with Crippen molar-refractivity contribution in [2.45, 2.75) is 0 Å². The van der Waals surface area contributed by atoms with E-state index < -0.39 is 5.97 Å². The molecule has 3 rings (SSSR count). The van der Waals surface area contributed by atoms with Crippen LogP contribution < -0.4 is 5.56 Å². The van der Waals surface area contributed by atoms with E-state index in [2.05, 4.69) is 4.98 Å². The van der Waals surface area contributed by atoms with Gasteiger partial charge in [-0.25, -0.2) is 13.7 Å². The van der Waals surface area contributed by atoms with Crippen LogP contribution in [0.3, 0.4) is 0 Å². The Hall–Kier alpha value is -2.73. The molecule has 0 aliphatic rings. The number of carboxylic acid groups (broad SMARTS) is 1. The van der Waals surface area contributed by atoms with E-state index in [0.717, 1.165) is 10.8 Å².